The third-order valence-electron chi connectivity index (χ3n) is 5.07. The SMILES string of the molecule is BrC1=CC2(Br)C3C4CC(C(Br)C4[C@H]2Br)C13. The molecule has 0 nitrogen and oxygen atoms in total. The summed E-state index contributed by atoms with van der Waals surface area (Å²) in [6, 6.07) is 0. The maximum absolute atomic E-state index is 4.02. The minimum Gasteiger partial charge on any atom is -0.0884 e. The topological polar surface area (TPSA) is 0 Å². The zero-order chi connectivity index (χ0) is 10.5. The molecule has 4 aliphatic carbocycles. The van der Waals surface area contributed by atoms with Crippen molar-refractivity contribution in [2.75, 3.05) is 0 Å². The van der Waals surface area contributed by atoms with Crippen molar-refractivity contribution in [1.29, 1.82) is 0 Å². The van der Waals surface area contributed by atoms with Gasteiger partial charge in [0.2, 0.25) is 0 Å². The van der Waals surface area contributed by atoms with Crippen molar-refractivity contribution in [1.82, 2.24) is 0 Å². The van der Waals surface area contributed by atoms with Crippen LogP contribution >= 0.6 is 63.7 Å². The van der Waals surface area contributed by atoms with Gasteiger partial charge in [0.05, 0.1) is 4.32 Å². The predicted molar refractivity (Wildman–Crippen MR) is 76.2 cm³/mol. The van der Waals surface area contributed by atoms with Crippen LogP contribution in [0.25, 0.3) is 0 Å². The summed E-state index contributed by atoms with van der Waals surface area (Å²) in [6.45, 7) is 0. The minimum atomic E-state index is 0.225. The monoisotopic (exact) mass is 458 g/mol. The molecule has 0 radical (unpaired) electrons. The maximum atomic E-state index is 4.02. The van der Waals surface area contributed by atoms with Gasteiger partial charge in [0, 0.05) is 9.65 Å². The average Bonchev–Trinajstić information content (AvgIpc) is 2.79. The van der Waals surface area contributed by atoms with E-state index in [1.807, 2.05) is 0 Å². The summed E-state index contributed by atoms with van der Waals surface area (Å²) < 4.78 is 1.67. The molecule has 15 heavy (non-hydrogen) atoms. The first-order valence-electron chi connectivity index (χ1n) is 5.41. The van der Waals surface area contributed by atoms with E-state index >= 15 is 0 Å². The molecule has 0 aromatic heterocycles. The van der Waals surface area contributed by atoms with Crippen molar-refractivity contribution in [2.24, 2.45) is 29.6 Å². The lowest BCUT2D eigenvalue weighted by Gasteiger charge is -2.30. The lowest BCUT2D eigenvalue weighted by atomic mass is 9.81. The molecule has 8 atom stereocenters. The van der Waals surface area contributed by atoms with Crippen LogP contribution in [0.4, 0.5) is 0 Å². The molecule has 4 heteroatoms. The van der Waals surface area contributed by atoms with E-state index in [-0.39, 0.29) is 4.32 Å². The number of rotatable bonds is 0. The van der Waals surface area contributed by atoms with E-state index in [4.69, 9.17) is 0 Å². The zero-order valence-corrected chi connectivity index (χ0v) is 14.2. The third-order valence-corrected chi connectivity index (χ3v) is 10.4. The molecule has 3 fully saturated rings. The third kappa shape index (κ3) is 0.978. The second kappa shape index (κ2) is 2.97. The number of hydrogen-bond donors (Lipinski definition) is 0. The quantitative estimate of drug-likeness (QED) is 0.468. The lowest BCUT2D eigenvalue weighted by Crippen LogP contribution is -2.30. The summed E-state index contributed by atoms with van der Waals surface area (Å²) in [4.78, 5) is 1.31. The highest BCUT2D eigenvalue weighted by Crippen LogP contribution is 2.75. The van der Waals surface area contributed by atoms with E-state index in [1.54, 1.807) is 0 Å². The van der Waals surface area contributed by atoms with Crippen LogP contribution in [0.1, 0.15) is 6.42 Å². The Labute approximate surface area is 123 Å². The number of hydrogen-bond acceptors (Lipinski definition) is 0. The predicted octanol–water partition coefficient (Wildman–Crippen LogP) is 4.45. The van der Waals surface area contributed by atoms with E-state index < -0.39 is 0 Å². The number of halogens is 4. The number of alkyl halides is 3. The van der Waals surface area contributed by atoms with Crippen LogP contribution in [0.15, 0.2) is 10.6 Å². The van der Waals surface area contributed by atoms with E-state index in [2.05, 4.69) is 69.8 Å². The van der Waals surface area contributed by atoms with Crippen molar-refractivity contribution < 1.29 is 0 Å². The first-order valence-corrected chi connectivity index (χ1v) is 8.82. The fourth-order valence-corrected chi connectivity index (χ4v) is 10.0. The van der Waals surface area contributed by atoms with Crippen LogP contribution in [0, 0.1) is 29.6 Å². The molecule has 0 spiro atoms. The highest BCUT2D eigenvalue weighted by molar-refractivity contribution is 9.13. The van der Waals surface area contributed by atoms with E-state index in [1.165, 1.54) is 10.9 Å². The lowest BCUT2D eigenvalue weighted by molar-refractivity contribution is 0.286. The molecular weight excluding hydrogens is 452 g/mol. The van der Waals surface area contributed by atoms with Crippen LogP contribution in [-0.2, 0) is 0 Å². The fraction of sp³-hybridized carbons (Fsp3) is 0.818. The molecule has 0 aromatic carbocycles. The van der Waals surface area contributed by atoms with Crippen molar-refractivity contribution in [3.8, 4) is 0 Å². The van der Waals surface area contributed by atoms with Crippen LogP contribution in [0.3, 0.4) is 0 Å². The van der Waals surface area contributed by atoms with E-state index in [0.717, 1.165) is 29.6 Å². The van der Waals surface area contributed by atoms with E-state index in [0.29, 0.717) is 9.65 Å². The van der Waals surface area contributed by atoms with Crippen molar-refractivity contribution in [3.05, 3.63) is 10.6 Å². The number of allylic oxidation sites excluding steroid dienone is 2. The molecule has 3 saturated carbocycles. The Morgan fingerprint density at radius 1 is 1.27 bits per heavy atom. The Balaban J connectivity index is 1.96. The molecule has 0 aromatic rings. The summed E-state index contributed by atoms with van der Waals surface area (Å²) in [6.07, 6.45) is 3.86. The molecule has 4 rings (SSSR count). The first-order chi connectivity index (χ1) is 7.05. The Kier molecular flexibility index (Phi) is 2.09. The zero-order valence-electron chi connectivity index (χ0n) is 7.84. The molecule has 0 heterocycles. The smallest absolute Gasteiger partial charge is 0.0612 e. The van der Waals surface area contributed by atoms with Gasteiger partial charge in [-0.1, -0.05) is 69.8 Å². The molecule has 0 amide bonds. The summed E-state index contributed by atoms with van der Waals surface area (Å²) in [7, 11) is 0. The Hall–Kier alpha value is 1.66. The van der Waals surface area contributed by atoms with Crippen LogP contribution in [0.2, 0.25) is 0 Å². The average molecular weight is 462 g/mol. The van der Waals surface area contributed by atoms with Gasteiger partial charge in [0.15, 0.2) is 0 Å². The van der Waals surface area contributed by atoms with Crippen molar-refractivity contribution >= 4 is 63.7 Å². The normalized spacial score (nSPS) is 69.1. The van der Waals surface area contributed by atoms with Crippen LogP contribution in [0.5, 0.6) is 0 Å². The van der Waals surface area contributed by atoms with Gasteiger partial charge >= 0.3 is 0 Å². The summed E-state index contributed by atoms with van der Waals surface area (Å²) in [5, 5.41) is 0. The largest absolute Gasteiger partial charge is 0.0884 e. The van der Waals surface area contributed by atoms with Crippen molar-refractivity contribution in [2.45, 2.75) is 20.4 Å². The minimum absolute atomic E-state index is 0.225. The molecule has 2 bridgehead atoms. The summed E-state index contributed by atoms with van der Waals surface area (Å²) in [5.41, 5.74) is 0. The van der Waals surface area contributed by atoms with Gasteiger partial charge in [-0.25, -0.2) is 0 Å². The maximum Gasteiger partial charge on any atom is 0.0612 e. The molecule has 0 aliphatic heterocycles. The van der Waals surface area contributed by atoms with Gasteiger partial charge in [0.25, 0.3) is 0 Å². The van der Waals surface area contributed by atoms with Crippen molar-refractivity contribution in [3.63, 3.8) is 0 Å². The highest BCUT2D eigenvalue weighted by atomic mass is 79.9. The molecular formula is C11H10Br4. The van der Waals surface area contributed by atoms with Gasteiger partial charge in [0.1, 0.15) is 0 Å². The number of fused-ring (bicyclic) bond motifs is 2. The standard InChI is InChI=1S/C11H10Br4/c12-5-2-11(15)8-3-1-4(6(5)8)9(13)7(3)10(11)14/h2-4,6-10H,1H2/t3?,4?,6?,7?,8?,9?,10-,11?/m1/s1. The first kappa shape index (κ1) is 10.6. The van der Waals surface area contributed by atoms with Gasteiger partial charge in [-0.05, 0) is 40.5 Å². The Bertz CT molecular complexity index is 379. The van der Waals surface area contributed by atoms with Gasteiger partial charge in [-0.3, -0.25) is 0 Å². The fourth-order valence-electron chi connectivity index (χ4n) is 4.71. The molecule has 0 N–H and O–H groups in total. The molecule has 7 unspecified atom stereocenters. The Morgan fingerprint density at radius 3 is 2.73 bits per heavy atom. The second-order valence-electron chi connectivity index (χ2n) is 5.40. The van der Waals surface area contributed by atoms with Crippen LogP contribution in [-0.4, -0.2) is 14.0 Å². The molecule has 82 valence electrons. The summed E-state index contributed by atoms with van der Waals surface area (Å²) in [5.74, 6) is 4.21. The second-order valence-corrected chi connectivity index (χ2v) is 9.73. The van der Waals surface area contributed by atoms with Gasteiger partial charge < -0.3 is 0 Å². The van der Waals surface area contributed by atoms with Gasteiger partial charge in [-0.2, -0.15) is 0 Å². The Morgan fingerprint density at radius 2 is 2.00 bits per heavy atom. The molecule has 0 saturated heterocycles. The van der Waals surface area contributed by atoms with Gasteiger partial charge in [-0.15, -0.1) is 0 Å². The molecule has 4 aliphatic rings. The summed E-state index contributed by atoms with van der Waals surface area (Å²) >= 11 is 15.7. The van der Waals surface area contributed by atoms with E-state index in [9.17, 15) is 0 Å². The highest BCUT2D eigenvalue weighted by Gasteiger charge is 2.73. The van der Waals surface area contributed by atoms with Crippen LogP contribution < -0.4 is 0 Å².